The van der Waals surface area contributed by atoms with Crippen molar-refractivity contribution in [2.75, 3.05) is 0 Å². The number of unbranched alkanes of at least 4 members (excludes halogenated alkanes) is 3. The molecule has 0 atom stereocenters. The van der Waals surface area contributed by atoms with Crippen LogP contribution in [0.4, 0.5) is 0 Å². The summed E-state index contributed by atoms with van der Waals surface area (Å²) in [5, 5.41) is 0. The molecule has 0 radical (unpaired) electrons. The minimum atomic E-state index is -2.28. The van der Waals surface area contributed by atoms with E-state index in [1.165, 1.54) is 48.3 Å². The van der Waals surface area contributed by atoms with Crippen LogP contribution in [-0.4, -0.2) is 18.4 Å². The molecule has 2 heterocycles. The Bertz CT molecular complexity index is 551. The van der Waals surface area contributed by atoms with Gasteiger partial charge >= 0.3 is 185 Å². The quantitative estimate of drug-likeness (QED) is 0.255. The Kier molecular flexibility index (Phi) is 10.5. The average molecular weight is 535 g/mol. The van der Waals surface area contributed by atoms with Crippen molar-refractivity contribution in [2.24, 2.45) is 0 Å². The summed E-state index contributed by atoms with van der Waals surface area (Å²) in [5.41, 5.74) is 0. The van der Waals surface area contributed by atoms with Gasteiger partial charge in [-0.2, -0.15) is 0 Å². The fourth-order valence-electron chi connectivity index (χ4n) is 3.72. The normalized spacial score (nSPS) is 18.7. The van der Waals surface area contributed by atoms with E-state index in [-0.39, 0.29) is 0 Å². The second-order valence-electron chi connectivity index (χ2n) is 7.57. The van der Waals surface area contributed by atoms with Crippen LogP contribution in [0.5, 0.6) is 0 Å². The minimum absolute atomic E-state index is 1.36. The van der Waals surface area contributed by atoms with E-state index >= 15 is 0 Å². The second kappa shape index (κ2) is 11.6. The van der Waals surface area contributed by atoms with Gasteiger partial charge in [-0.3, -0.25) is 0 Å². The molecule has 0 aromatic carbocycles. The van der Waals surface area contributed by atoms with Gasteiger partial charge in [-0.1, -0.05) is 0 Å². The van der Waals surface area contributed by atoms with Crippen molar-refractivity contribution in [3.8, 4) is 0 Å². The molecule has 2 aliphatic rings. The maximum atomic E-state index is 2.44. The first-order chi connectivity index (χ1) is 12.5. The van der Waals surface area contributed by atoms with Crippen molar-refractivity contribution >= 4 is 65.4 Å². The van der Waals surface area contributed by atoms with Crippen molar-refractivity contribution in [3.63, 3.8) is 0 Å². The Morgan fingerprint density at radius 3 is 1.38 bits per heavy atom. The molecule has 148 valence electrons. The fraction of sp³-hybridized carbons (Fsp3) is 0.714. The predicted molar refractivity (Wildman–Crippen MR) is 133 cm³/mol. The Balaban J connectivity index is 2.27. The molecule has 2 rings (SSSR count). The summed E-state index contributed by atoms with van der Waals surface area (Å²) in [6.45, 7) is 14.1. The van der Waals surface area contributed by atoms with E-state index in [0.717, 1.165) is 0 Å². The molecule has 0 bridgehead atoms. The van der Waals surface area contributed by atoms with Crippen LogP contribution in [0.2, 0.25) is 13.3 Å². The molecule has 0 fully saturated rings. The van der Waals surface area contributed by atoms with Gasteiger partial charge in [0, 0.05) is 0 Å². The molecule has 0 saturated heterocycles. The summed E-state index contributed by atoms with van der Waals surface area (Å²) in [7, 11) is 0. The van der Waals surface area contributed by atoms with E-state index in [4.69, 9.17) is 0 Å². The Morgan fingerprint density at radius 2 is 0.962 bits per heavy atom. The SMILES string of the molecule is CCC[CH2][Sn]([CH2]CCC)([CH2]CCC)[C]1=C(C)SC(=C2SC(C)=C(C)S2)S1. The maximum absolute atomic E-state index is 2.44. The average Bonchev–Trinajstić information content (AvgIpc) is 3.18. The fourth-order valence-corrected chi connectivity index (χ4v) is 31.4. The summed E-state index contributed by atoms with van der Waals surface area (Å²) in [6.07, 6.45) is 8.47. The van der Waals surface area contributed by atoms with Gasteiger partial charge in [-0.05, 0) is 0 Å². The summed E-state index contributed by atoms with van der Waals surface area (Å²) in [6, 6.07) is 0. The molecule has 0 aromatic heterocycles. The standard InChI is InChI=1S/C9H9S4.3C4H9.Sn/c1-5-4-10-8(11-5)9-12-6(2)7(3)13-9;3*1-3-4-2;/h1-3H3;3*1,3-4H2,2H3;. The first-order valence-corrected chi connectivity index (χ1v) is 21.1. The number of allylic oxidation sites excluding steroid dienone is 3. The van der Waals surface area contributed by atoms with E-state index < -0.39 is 18.4 Å². The van der Waals surface area contributed by atoms with Crippen LogP contribution in [0.3, 0.4) is 0 Å². The Labute approximate surface area is 183 Å². The molecular weight excluding hydrogens is 499 g/mol. The van der Waals surface area contributed by atoms with Crippen molar-refractivity contribution < 1.29 is 0 Å². The molecule has 26 heavy (non-hydrogen) atoms. The molecule has 5 heteroatoms. The zero-order valence-electron chi connectivity index (χ0n) is 17.5. The van der Waals surface area contributed by atoms with Crippen molar-refractivity contribution in [2.45, 2.75) is 93.4 Å². The zero-order valence-corrected chi connectivity index (χ0v) is 23.6. The third kappa shape index (κ3) is 5.96. The van der Waals surface area contributed by atoms with Gasteiger partial charge in [0.05, 0.1) is 0 Å². The molecule has 0 N–H and O–H groups in total. The van der Waals surface area contributed by atoms with Crippen LogP contribution >= 0.6 is 47.0 Å². The summed E-state index contributed by atoms with van der Waals surface area (Å²) >= 11 is 6.09. The van der Waals surface area contributed by atoms with Crippen molar-refractivity contribution in [1.29, 1.82) is 0 Å². The number of hydrogen-bond donors (Lipinski definition) is 0. The molecule has 0 unspecified atom stereocenters. The first kappa shape index (κ1) is 23.7. The predicted octanol–water partition coefficient (Wildman–Crippen LogP) is 9.94. The van der Waals surface area contributed by atoms with Crippen molar-refractivity contribution in [1.82, 2.24) is 0 Å². The summed E-state index contributed by atoms with van der Waals surface area (Å²) in [5.74, 6) is 0. The van der Waals surface area contributed by atoms with Gasteiger partial charge in [0.25, 0.3) is 0 Å². The van der Waals surface area contributed by atoms with Crippen LogP contribution in [0, 0.1) is 0 Å². The molecule has 0 nitrogen and oxygen atoms in total. The van der Waals surface area contributed by atoms with E-state index in [0.29, 0.717) is 0 Å². The Morgan fingerprint density at radius 1 is 0.577 bits per heavy atom. The topological polar surface area (TPSA) is 0 Å². The van der Waals surface area contributed by atoms with Crippen LogP contribution in [0.15, 0.2) is 26.1 Å². The molecule has 2 aliphatic heterocycles. The molecule has 0 aliphatic carbocycles. The van der Waals surface area contributed by atoms with Crippen LogP contribution in [0.25, 0.3) is 0 Å². The van der Waals surface area contributed by atoms with Gasteiger partial charge in [-0.15, -0.1) is 0 Å². The second-order valence-corrected chi connectivity index (χ2v) is 26.8. The van der Waals surface area contributed by atoms with Crippen LogP contribution in [0.1, 0.15) is 80.1 Å². The molecular formula is C21H36S4Sn. The van der Waals surface area contributed by atoms with E-state index in [2.05, 4.69) is 65.1 Å². The number of rotatable bonds is 10. The summed E-state index contributed by atoms with van der Waals surface area (Å²) < 4.78 is 9.87. The van der Waals surface area contributed by atoms with Gasteiger partial charge in [0.15, 0.2) is 0 Å². The van der Waals surface area contributed by atoms with Crippen LogP contribution in [-0.2, 0) is 0 Å². The first-order valence-electron chi connectivity index (χ1n) is 10.3. The molecule has 0 aromatic rings. The third-order valence-electron chi connectivity index (χ3n) is 5.42. The molecule has 0 saturated carbocycles. The molecule has 0 spiro atoms. The number of hydrogen-bond acceptors (Lipinski definition) is 4. The van der Waals surface area contributed by atoms with Gasteiger partial charge in [-0.25, -0.2) is 0 Å². The zero-order chi connectivity index (χ0) is 19.2. The van der Waals surface area contributed by atoms with Gasteiger partial charge < -0.3 is 0 Å². The summed E-state index contributed by atoms with van der Waals surface area (Å²) in [4.78, 5) is 4.69. The van der Waals surface area contributed by atoms with Gasteiger partial charge in [0.2, 0.25) is 0 Å². The Hall–Kier alpha value is 1.42. The van der Waals surface area contributed by atoms with E-state index in [1.54, 1.807) is 26.7 Å². The van der Waals surface area contributed by atoms with Crippen LogP contribution < -0.4 is 0 Å². The number of thioether (sulfide) groups is 4. The van der Waals surface area contributed by atoms with Crippen molar-refractivity contribution in [3.05, 3.63) is 26.1 Å². The monoisotopic (exact) mass is 536 g/mol. The molecule has 0 amide bonds. The van der Waals surface area contributed by atoms with E-state index in [9.17, 15) is 0 Å². The third-order valence-corrected chi connectivity index (χ3v) is 30.3. The van der Waals surface area contributed by atoms with Gasteiger partial charge in [0.1, 0.15) is 0 Å². The van der Waals surface area contributed by atoms with E-state index in [1.807, 2.05) is 26.4 Å².